The standard InChI is InChI=1S/C10H11N3O/c1-2-14-10-6-12-5-8(10)9-3-4-11-7-13-9/h3-7,12H,2H2,1H3. The van der Waals surface area contributed by atoms with Gasteiger partial charge in [0.2, 0.25) is 0 Å². The second kappa shape index (κ2) is 3.91. The minimum atomic E-state index is 0.649. The van der Waals surface area contributed by atoms with Crippen LogP contribution in [0.3, 0.4) is 0 Å². The Hall–Kier alpha value is -1.84. The molecule has 0 amide bonds. The van der Waals surface area contributed by atoms with E-state index in [1.54, 1.807) is 6.20 Å². The molecule has 0 spiro atoms. The Morgan fingerprint density at radius 1 is 1.43 bits per heavy atom. The number of nitrogens with zero attached hydrogens (tertiary/aromatic N) is 2. The Kier molecular flexibility index (Phi) is 2.44. The normalized spacial score (nSPS) is 10.1. The molecule has 0 aliphatic heterocycles. The lowest BCUT2D eigenvalue weighted by atomic mass is 10.2. The molecule has 2 aromatic rings. The lowest BCUT2D eigenvalue weighted by Gasteiger charge is -2.02. The van der Waals surface area contributed by atoms with Gasteiger partial charge in [-0.05, 0) is 13.0 Å². The van der Waals surface area contributed by atoms with Crippen molar-refractivity contribution in [1.29, 1.82) is 0 Å². The maximum atomic E-state index is 5.44. The van der Waals surface area contributed by atoms with Gasteiger partial charge in [-0.1, -0.05) is 0 Å². The van der Waals surface area contributed by atoms with Crippen molar-refractivity contribution in [1.82, 2.24) is 15.0 Å². The summed E-state index contributed by atoms with van der Waals surface area (Å²) in [4.78, 5) is 11.0. The monoisotopic (exact) mass is 189 g/mol. The number of ether oxygens (including phenoxy) is 1. The molecule has 1 N–H and O–H groups in total. The van der Waals surface area contributed by atoms with Crippen LogP contribution >= 0.6 is 0 Å². The number of aromatic nitrogens is 3. The van der Waals surface area contributed by atoms with E-state index in [0.29, 0.717) is 6.61 Å². The molecule has 4 nitrogen and oxygen atoms in total. The van der Waals surface area contributed by atoms with Crippen LogP contribution in [0.4, 0.5) is 0 Å². The van der Waals surface area contributed by atoms with Gasteiger partial charge in [-0.2, -0.15) is 0 Å². The Bertz CT molecular complexity index is 397. The van der Waals surface area contributed by atoms with Crippen LogP contribution in [0.1, 0.15) is 6.92 Å². The molecule has 14 heavy (non-hydrogen) atoms. The van der Waals surface area contributed by atoms with Crippen LogP contribution in [0.2, 0.25) is 0 Å². The van der Waals surface area contributed by atoms with E-state index >= 15 is 0 Å². The predicted molar refractivity (Wildman–Crippen MR) is 53.0 cm³/mol. The summed E-state index contributed by atoms with van der Waals surface area (Å²) in [7, 11) is 0. The third-order valence-electron chi connectivity index (χ3n) is 1.87. The summed E-state index contributed by atoms with van der Waals surface area (Å²) >= 11 is 0. The first-order valence-electron chi connectivity index (χ1n) is 4.47. The predicted octanol–water partition coefficient (Wildman–Crippen LogP) is 1.87. The highest BCUT2D eigenvalue weighted by Crippen LogP contribution is 2.27. The molecule has 0 aliphatic rings. The van der Waals surface area contributed by atoms with Gasteiger partial charge in [0.05, 0.1) is 17.9 Å². The molecular weight excluding hydrogens is 178 g/mol. The highest BCUT2D eigenvalue weighted by Gasteiger charge is 2.07. The first kappa shape index (κ1) is 8.74. The van der Waals surface area contributed by atoms with Crippen molar-refractivity contribution in [2.45, 2.75) is 6.92 Å². The van der Waals surface area contributed by atoms with Crippen molar-refractivity contribution in [2.75, 3.05) is 6.61 Å². The average Bonchev–Trinajstić information content (AvgIpc) is 2.68. The van der Waals surface area contributed by atoms with Gasteiger partial charge < -0.3 is 9.72 Å². The molecule has 4 heteroatoms. The summed E-state index contributed by atoms with van der Waals surface area (Å²) in [6.45, 7) is 2.60. The summed E-state index contributed by atoms with van der Waals surface area (Å²) in [6.07, 6.45) is 6.93. The van der Waals surface area contributed by atoms with E-state index in [-0.39, 0.29) is 0 Å². The van der Waals surface area contributed by atoms with Crippen molar-refractivity contribution >= 4 is 0 Å². The molecule has 0 radical (unpaired) electrons. The fourth-order valence-electron chi connectivity index (χ4n) is 1.27. The molecule has 0 fully saturated rings. The van der Waals surface area contributed by atoms with Crippen LogP contribution < -0.4 is 4.74 Å². The lowest BCUT2D eigenvalue weighted by molar-refractivity contribution is 0.342. The number of hydrogen-bond donors (Lipinski definition) is 1. The van der Waals surface area contributed by atoms with Gasteiger partial charge in [0, 0.05) is 18.6 Å². The summed E-state index contributed by atoms with van der Waals surface area (Å²) < 4.78 is 5.44. The van der Waals surface area contributed by atoms with Crippen LogP contribution in [-0.4, -0.2) is 21.6 Å². The molecule has 0 aliphatic carbocycles. The minimum absolute atomic E-state index is 0.649. The SMILES string of the molecule is CCOc1c[nH]cc1-c1ccncn1. The first-order valence-corrected chi connectivity index (χ1v) is 4.47. The second-order valence-corrected chi connectivity index (χ2v) is 2.76. The zero-order valence-corrected chi connectivity index (χ0v) is 7.90. The van der Waals surface area contributed by atoms with Crippen LogP contribution in [-0.2, 0) is 0 Å². The number of nitrogens with one attached hydrogen (secondary N) is 1. The molecule has 2 rings (SSSR count). The van der Waals surface area contributed by atoms with Crippen LogP contribution in [0.5, 0.6) is 5.75 Å². The Balaban J connectivity index is 2.37. The molecule has 2 heterocycles. The zero-order chi connectivity index (χ0) is 9.80. The summed E-state index contributed by atoms with van der Waals surface area (Å²) in [5.74, 6) is 0.825. The van der Waals surface area contributed by atoms with E-state index in [1.807, 2.05) is 25.4 Å². The van der Waals surface area contributed by atoms with Crippen LogP contribution in [0, 0.1) is 0 Å². The number of rotatable bonds is 3. The fraction of sp³-hybridized carbons (Fsp3) is 0.200. The topological polar surface area (TPSA) is 50.8 Å². The lowest BCUT2D eigenvalue weighted by Crippen LogP contribution is -1.92. The third-order valence-corrected chi connectivity index (χ3v) is 1.87. The minimum Gasteiger partial charge on any atom is -0.492 e. The van der Waals surface area contributed by atoms with Gasteiger partial charge in [0.15, 0.2) is 0 Å². The molecular formula is C10H11N3O. The summed E-state index contributed by atoms with van der Waals surface area (Å²) in [5.41, 5.74) is 1.83. The molecule has 2 aromatic heterocycles. The summed E-state index contributed by atoms with van der Waals surface area (Å²) in [5, 5.41) is 0. The highest BCUT2D eigenvalue weighted by atomic mass is 16.5. The van der Waals surface area contributed by atoms with E-state index in [0.717, 1.165) is 17.0 Å². The number of H-pyrrole nitrogens is 1. The Morgan fingerprint density at radius 2 is 2.36 bits per heavy atom. The van der Waals surface area contributed by atoms with Crippen molar-refractivity contribution < 1.29 is 4.74 Å². The van der Waals surface area contributed by atoms with Crippen molar-refractivity contribution in [3.05, 3.63) is 31.0 Å². The largest absolute Gasteiger partial charge is 0.492 e. The van der Waals surface area contributed by atoms with E-state index in [1.165, 1.54) is 6.33 Å². The maximum Gasteiger partial charge on any atom is 0.146 e. The van der Waals surface area contributed by atoms with Gasteiger partial charge in [0.25, 0.3) is 0 Å². The quantitative estimate of drug-likeness (QED) is 0.801. The molecule has 0 saturated carbocycles. The fourth-order valence-corrected chi connectivity index (χ4v) is 1.27. The zero-order valence-electron chi connectivity index (χ0n) is 7.90. The van der Waals surface area contributed by atoms with Gasteiger partial charge in [0.1, 0.15) is 12.1 Å². The van der Waals surface area contributed by atoms with Gasteiger partial charge in [-0.25, -0.2) is 9.97 Å². The van der Waals surface area contributed by atoms with E-state index in [9.17, 15) is 0 Å². The Morgan fingerprint density at radius 3 is 3.07 bits per heavy atom. The molecule has 0 unspecified atom stereocenters. The average molecular weight is 189 g/mol. The second-order valence-electron chi connectivity index (χ2n) is 2.76. The van der Waals surface area contributed by atoms with E-state index in [2.05, 4.69) is 15.0 Å². The molecule has 72 valence electrons. The molecule has 0 aromatic carbocycles. The van der Waals surface area contributed by atoms with Gasteiger partial charge in [-0.15, -0.1) is 0 Å². The number of hydrogen-bond acceptors (Lipinski definition) is 3. The maximum absolute atomic E-state index is 5.44. The Labute approximate surface area is 82.0 Å². The van der Waals surface area contributed by atoms with Crippen molar-refractivity contribution in [2.24, 2.45) is 0 Å². The van der Waals surface area contributed by atoms with E-state index < -0.39 is 0 Å². The van der Waals surface area contributed by atoms with Crippen molar-refractivity contribution in [3.8, 4) is 17.0 Å². The van der Waals surface area contributed by atoms with Crippen LogP contribution in [0.25, 0.3) is 11.3 Å². The van der Waals surface area contributed by atoms with Gasteiger partial charge >= 0.3 is 0 Å². The van der Waals surface area contributed by atoms with Gasteiger partial charge in [-0.3, -0.25) is 0 Å². The smallest absolute Gasteiger partial charge is 0.146 e. The molecule has 0 atom stereocenters. The van der Waals surface area contributed by atoms with E-state index in [4.69, 9.17) is 4.74 Å². The number of aromatic amines is 1. The summed E-state index contributed by atoms with van der Waals surface area (Å²) in [6, 6.07) is 1.85. The molecule has 0 bridgehead atoms. The first-order chi connectivity index (χ1) is 6.92. The molecule has 0 saturated heterocycles. The van der Waals surface area contributed by atoms with Crippen molar-refractivity contribution in [3.63, 3.8) is 0 Å². The highest BCUT2D eigenvalue weighted by molar-refractivity contribution is 5.65. The van der Waals surface area contributed by atoms with Crippen LogP contribution in [0.15, 0.2) is 31.0 Å². The third kappa shape index (κ3) is 1.59.